The zero-order chi connectivity index (χ0) is 11.1. The summed E-state index contributed by atoms with van der Waals surface area (Å²) in [6.45, 7) is 7.08. The molecule has 0 atom stereocenters. The predicted octanol–water partition coefficient (Wildman–Crippen LogP) is 1.43. The maximum absolute atomic E-state index is 4.36. The number of hydrogen-bond acceptors (Lipinski definition) is 4. The summed E-state index contributed by atoms with van der Waals surface area (Å²) in [6.07, 6.45) is 4.89. The van der Waals surface area contributed by atoms with Crippen molar-refractivity contribution < 1.29 is 0 Å². The molecule has 0 aromatic carbocycles. The van der Waals surface area contributed by atoms with E-state index in [-0.39, 0.29) is 0 Å². The lowest BCUT2D eigenvalue weighted by Gasteiger charge is -2.19. The van der Waals surface area contributed by atoms with Gasteiger partial charge in [0.25, 0.3) is 0 Å². The fourth-order valence-corrected chi connectivity index (χ4v) is 1.48. The Morgan fingerprint density at radius 2 is 1.93 bits per heavy atom. The maximum Gasteiger partial charge on any atom is 0.225 e. The van der Waals surface area contributed by atoms with Crippen LogP contribution in [-0.2, 0) is 6.54 Å². The molecule has 1 rings (SSSR count). The minimum atomic E-state index is 0.820. The number of aromatic nitrogens is 2. The molecule has 15 heavy (non-hydrogen) atoms. The molecule has 0 aliphatic carbocycles. The molecular formula is C11H20N4. The van der Waals surface area contributed by atoms with Gasteiger partial charge in [0.05, 0.1) is 0 Å². The number of nitrogens with zero attached hydrogens (tertiary/aromatic N) is 3. The molecule has 0 amide bonds. The Morgan fingerprint density at radius 1 is 1.27 bits per heavy atom. The van der Waals surface area contributed by atoms with Gasteiger partial charge in [0.2, 0.25) is 5.95 Å². The Morgan fingerprint density at radius 3 is 2.40 bits per heavy atom. The van der Waals surface area contributed by atoms with Crippen LogP contribution in [-0.4, -0.2) is 30.1 Å². The summed E-state index contributed by atoms with van der Waals surface area (Å²) >= 11 is 0. The number of nitrogens with one attached hydrogen (secondary N) is 1. The molecule has 0 fully saturated rings. The van der Waals surface area contributed by atoms with Crippen LogP contribution in [0.25, 0.3) is 0 Å². The molecule has 0 spiro atoms. The minimum Gasteiger partial charge on any atom is -0.341 e. The summed E-state index contributed by atoms with van der Waals surface area (Å²) < 4.78 is 0. The lowest BCUT2D eigenvalue weighted by atomic mass is 10.3. The first-order chi connectivity index (χ1) is 7.31. The van der Waals surface area contributed by atoms with Crippen molar-refractivity contribution in [3.8, 4) is 0 Å². The van der Waals surface area contributed by atoms with Crippen molar-refractivity contribution in [3.05, 3.63) is 18.0 Å². The van der Waals surface area contributed by atoms with Gasteiger partial charge in [-0.25, -0.2) is 9.97 Å². The lowest BCUT2D eigenvalue weighted by Crippen LogP contribution is -2.25. The standard InChI is InChI=1S/C11H20N4/c1-4-6-15(5-2)11-13-8-10(7-12-3)9-14-11/h8-9,12H,4-7H2,1-3H3. The minimum absolute atomic E-state index is 0.820. The van der Waals surface area contributed by atoms with Gasteiger partial charge >= 0.3 is 0 Å². The average molecular weight is 208 g/mol. The van der Waals surface area contributed by atoms with Crippen LogP contribution in [0.15, 0.2) is 12.4 Å². The highest BCUT2D eigenvalue weighted by atomic mass is 15.2. The molecule has 0 radical (unpaired) electrons. The third-order valence-electron chi connectivity index (χ3n) is 2.23. The Balaban J connectivity index is 2.68. The maximum atomic E-state index is 4.36. The third-order valence-corrected chi connectivity index (χ3v) is 2.23. The summed E-state index contributed by atoms with van der Waals surface area (Å²) in [5.41, 5.74) is 1.12. The Bertz CT molecular complexity index is 270. The zero-order valence-corrected chi connectivity index (χ0v) is 9.82. The first kappa shape index (κ1) is 11.9. The molecule has 1 aromatic rings. The molecule has 0 aliphatic rings. The lowest BCUT2D eigenvalue weighted by molar-refractivity contribution is 0.753. The van der Waals surface area contributed by atoms with Crippen LogP contribution < -0.4 is 10.2 Å². The van der Waals surface area contributed by atoms with E-state index in [1.165, 1.54) is 0 Å². The van der Waals surface area contributed by atoms with Crippen LogP contribution in [0.2, 0.25) is 0 Å². The number of rotatable bonds is 6. The highest BCUT2D eigenvalue weighted by Gasteiger charge is 2.05. The predicted molar refractivity (Wildman–Crippen MR) is 63.0 cm³/mol. The van der Waals surface area contributed by atoms with Crippen molar-refractivity contribution in [2.24, 2.45) is 0 Å². The monoisotopic (exact) mass is 208 g/mol. The summed E-state index contributed by atoms with van der Waals surface area (Å²) in [7, 11) is 1.92. The molecule has 1 aromatic heterocycles. The van der Waals surface area contributed by atoms with E-state index in [1.807, 2.05) is 19.4 Å². The fourth-order valence-electron chi connectivity index (χ4n) is 1.48. The zero-order valence-electron chi connectivity index (χ0n) is 9.82. The summed E-state index contributed by atoms with van der Waals surface area (Å²) in [5, 5.41) is 3.08. The van der Waals surface area contributed by atoms with Crippen LogP contribution in [0.3, 0.4) is 0 Å². The van der Waals surface area contributed by atoms with Gasteiger partial charge in [-0.15, -0.1) is 0 Å². The quantitative estimate of drug-likeness (QED) is 0.768. The van der Waals surface area contributed by atoms with Crippen molar-refractivity contribution in [2.75, 3.05) is 25.0 Å². The largest absolute Gasteiger partial charge is 0.341 e. The van der Waals surface area contributed by atoms with Crippen LogP contribution in [0.4, 0.5) is 5.95 Å². The molecular weight excluding hydrogens is 188 g/mol. The van der Waals surface area contributed by atoms with Gasteiger partial charge in [0, 0.05) is 37.6 Å². The number of hydrogen-bond donors (Lipinski definition) is 1. The van der Waals surface area contributed by atoms with Crippen molar-refractivity contribution in [1.29, 1.82) is 0 Å². The normalized spacial score (nSPS) is 10.3. The van der Waals surface area contributed by atoms with E-state index in [4.69, 9.17) is 0 Å². The van der Waals surface area contributed by atoms with E-state index in [9.17, 15) is 0 Å². The van der Waals surface area contributed by atoms with E-state index >= 15 is 0 Å². The molecule has 4 nitrogen and oxygen atoms in total. The molecule has 0 aliphatic heterocycles. The molecule has 4 heteroatoms. The van der Waals surface area contributed by atoms with E-state index < -0.39 is 0 Å². The van der Waals surface area contributed by atoms with Crippen molar-refractivity contribution in [2.45, 2.75) is 26.8 Å². The van der Waals surface area contributed by atoms with Crippen molar-refractivity contribution >= 4 is 5.95 Å². The summed E-state index contributed by atoms with van der Waals surface area (Å²) in [4.78, 5) is 10.9. The molecule has 0 unspecified atom stereocenters. The van der Waals surface area contributed by atoms with Crippen LogP contribution in [0, 0.1) is 0 Å². The van der Waals surface area contributed by atoms with Crippen molar-refractivity contribution in [3.63, 3.8) is 0 Å². The Labute approximate surface area is 91.7 Å². The Hall–Kier alpha value is -1.16. The first-order valence-electron chi connectivity index (χ1n) is 5.52. The molecule has 1 N–H and O–H groups in total. The van der Waals surface area contributed by atoms with E-state index in [0.717, 1.165) is 37.6 Å². The van der Waals surface area contributed by atoms with Crippen molar-refractivity contribution in [1.82, 2.24) is 15.3 Å². The van der Waals surface area contributed by atoms with Crippen LogP contribution >= 0.6 is 0 Å². The highest BCUT2D eigenvalue weighted by Crippen LogP contribution is 2.07. The highest BCUT2D eigenvalue weighted by molar-refractivity contribution is 5.29. The molecule has 84 valence electrons. The first-order valence-corrected chi connectivity index (χ1v) is 5.52. The second-order valence-electron chi connectivity index (χ2n) is 3.50. The van der Waals surface area contributed by atoms with Gasteiger partial charge in [-0.2, -0.15) is 0 Å². The van der Waals surface area contributed by atoms with Crippen LogP contribution in [0.1, 0.15) is 25.8 Å². The summed E-state index contributed by atoms with van der Waals surface area (Å²) in [5.74, 6) is 0.833. The van der Waals surface area contributed by atoms with E-state index in [1.54, 1.807) is 0 Å². The van der Waals surface area contributed by atoms with Gasteiger partial charge in [-0.3, -0.25) is 0 Å². The van der Waals surface area contributed by atoms with Gasteiger partial charge in [0.1, 0.15) is 0 Å². The summed E-state index contributed by atoms with van der Waals surface area (Å²) in [6, 6.07) is 0. The smallest absolute Gasteiger partial charge is 0.225 e. The second kappa shape index (κ2) is 6.35. The van der Waals surface area contributed by atoms with Crippen LogP contribution in [0.5, 0.6) is 0 Å². The van der Waals surface area contributed by atoms with E-state index in [2.05, 4.69) is 34.0 Å². The fraction of sp³-hybridized carbons (Fsp3) is 0.636. The second-order valence-corrected chi connectivity index (χ2v) is 3.50. The molecule has 0 saturated carbocycles. The van der Waals surface area contributed by atoms with Gasteiger partial charge < -0.3 is 10.2 Å². The van der Waals surface area contributed by atoms with Gasteiger partial charge in [0.15, 0.2) is 0 Å². The van der Waals surface area contributed by atoms with Gasteiger partial charge in [-0.05, 0) is 20.4 Å². The van der Waals surface area contributed by atoms with E-state index in [0.29, 0.717) is 0 Å². The Kier molecular flexibility index (Phi) is 5.04. The third kappa shape index (κ3) is 3.47. The molecule has 1 heterocycles. The molecule has 0 saturated heterocycles. The van der Waals surface area contributed by atoms with Gasteiger partial charge in [-0.1, -0.05) is 6.92 Å². The molecule has 0 bridgehead atoms. The topological polar surface area (TPSA) is 41.1 Å². The average Bonchev–Trinajstić information content (AvgIpc) is 2.28. The number of anilines is 1. The SMILES string of the molecule is CCCN(CC)c1ncc(CNC)cn1.